The molecule has 1 aliphatic carbocycles. The van der Waals surface area contributed by atoms with Gasteiger partial charge in [-0.1, -0.05) is 0 Å². The average Bonchev–Trinajstić information content (AvgIpc) is 3.03. The van der Waals surface area contributed by atoms with Crippen molar-refractivity contribution in [3.63, 3.8) is 0 Å². The van der Waals surface area contributed by atoms with Crippen LogP contribution in [0.5, 0.6) is 0 Å². The summed E-state index contributed by atoms with van der Waals surface area (Å²) in [6, 6.07) is 6.25. The maximum Gasteiger partial charge on any atom is 0.144 e. The second kappa shape index (κ2) is 5.32. The number of anilines is 1. The summed E-state index contributed by atoms with van der Waals surface area (Å²) in [6.45, 7) is 0.693. The van der Waals surface area contributed by atoms with Gasteiger partial charge in [0, 0.05) is 15.0 Å². The number of aromatic nitrogens is 1. The van der Waals surface area contributed by atoms with Crippen molar-refractivity contribution in [2.45, 2.75) is 25.8 Å². The largest absolute Gasteiger partial charge is 0.364 e. The Morgan fingerprint density at radius 3 is 3.11 bits per heavy atom. The molecule has 2 heterocycles. The van der Waals surface area contributed by atoms with E-state index in [9.17, 15) is 5.26 Å². The van der Waals surface area contributed by atoms with E-state index in [0.717, 1.165) is 29.4 Å². The minimum absolute atomic E-state index is 0.647. The third-order valence-corrected chi connectivity index (χ3v) is 5.21. The fourth-order valence-corrected chi connectivity index (χ4v) is 3.74. The monoisotopic (exact) mass is 333 g/mol. The average molecular weight is 334 g/mol. The Morgan fingerprint density at radius 1 is 1.47 bits per heavy atom. The molecule has 0 aromatic carbocycles. The quantitative estimate of drug-likeness (QED) is 0.927. The first-order valence-corrected chi connectivity index (χ1v) is 7.84. The van der Waals surface area contributed by atoms with Crippen molar-refractivity contribution in [3.05, 3.63) is 43.7 Å². The van der Waals surface area contributed by atoms with Crippen LogP contribution in [0.3, 0.4) is 0 Å². The molecule has 19 heavy (non-hydrogen) atoms. The number of nitriles is 1. The van der Waals surface area contributed by atoms with Crippen LogP contribution >= 0.6 is 27.3 Å². The van der Waals surface area contributed by atoms with E-state index in [1.165, 1.54) is 10.4 Å². The van der Waals surface area contributed by atoms with Crippen LogP contribution in [0.1, 0.15) is 28.1 Å². The lowest BCUT2D eigenvalue weighted by atomic mass is 10.1. The van der Waals surface area contributed by atoms with Gasteiger partial charge < -0.3 is 5.32 Å². The van der Waals surface area contributed by atoms with Crippen molar-refractivity contribution in [1.82, 2.24) is 4.98 Å². The molecule has 96 valence electrons. The van der Waals surface area contributed by atoms with Gasteiger partial charge >= 0.3 is 0 Å². The lowest BCUT2D eigenvalue weighted by Gasteiger charge is -2.09. The normalized spacial score (nSPS) is 13.1. The van der Waals surface area contributed by atoms with Crippen molar-refractivity contribution >= 4 is 33.1 Å². The number of pyridine rings is 1. The lowest BCUT2D eigenvalue weighted by Crippen LogP contribution is -2.05. The molecule has 3 nitrogen and oxygen atoms in total. The summed E-state index contributed by atoms with van der Waals surface area (Å²) in [7, 11) is 0. The summed E-state index contributed by atoms with van der Waals surface area (Å²) < 4.78 is 1.10. The molecular formula is C14H12BrN3S. The zero-order chi connectivity index (χ0) is 13.2. The van der Waals surface area contributed by atoms with Gasteiger partial charge in [0.2, 0.25) is 0 Å². The molecule has 0 atom stereocenters. The molecule has 0 radical (unpaired) electrons. The SMILES string of the molecule is N#Cc1cc2c(nc1NCc1sccc1Br)CCC2. The Labute approximate surface area is 124 Å². The van der Waals surface area contributed by atoms with Gasteiger partial charge in [0.25, 0.3) is 0 Å². The van der Waals surface area contributed by atoms with E-state index in [1.54, 1.807) is 11.3 Å². The first-order valence-electron chi connectivity index (χ1n) is 6.16. The molecule has 2 aromatic heterocycles. The summed E-state index contributed by atoms with van der Waals surface area (Å²) in [4.78, 5) is 5.82. The van der Waals surface area contributed by atoms with E-state index in [1.807, 2.05) is 17.5 Å². The third kappa shape index (κ3) is 2.51. The van der Waals surface area contributed by atoms with E-state index in [4.69, 9.17) is 0 Å². The fraction of sp³-hybridized carbons (Fsp3) is 0.286. The number of thiophene rings is 1. The van der Waals surface area contributed by atoms with Gasteiger partial charge in [-0.15, -0.1) is 11.3 Å². The highest BCUT2D eigenvalue weighted by atomic mass is 79.9. The number of hydrogen-bond donors (Lipinski definition) is 1. The number of nitrogens with zero attached hydrogens (tertiary/aromatic N) is 2. The maximum atomic E-state index is 9.22. The predicted octanol–water partition coefficient (Wildman–Crippen LogP) is 3.88. The van der Waals surface area contributed by atoms with Gasteiger partial charge in [-0.25, -0.2) is 4.98 Å². The first-order chi connectivity index (χ1) is 9.28. The van der Waals surface area contributed by atoms with E-state index in [2.05, 4.69) is 32.3 Å². The summed E-state index contributed by atoms with van der Waals surface area (Å²) in [6.07, 6.45) is 3.22. The van der Waals surface area contributed by atoms with Gasteiger partial charge in [-0.2, -0.15) is 5.26 Å². The standard InChI is InChI=1S/C14H12BrN3S/c15-11-4-5-19-13(11)8-17-14-10(7-16)6-9-2-1-3-12(9)18-14/h4-6H,1-3,8H2,(H,17,18). The van der Waals surface area contributed by atoms with Crippen molar-refractivity contribution in [3.8, 4) is 6.07 Å². The van der Waals surface area contributed by atoms with Crippen LogP contribution in [0.4, 0.5) is 5.82 Å². The number of fused-ring (bicyclic) bond motifs is 1. The van der Waals surface area contributed by atoms with Crippen LogP contribution in [0.25, 0.3) is 0 Å². The van der Waals surface area contributed by atoms with Crippen LogP contribution in [0.2, 0.25) is 0 Å². The fourth-order valence-electron chi connectivity index (χ4n) is 2.31. The number of rotatable bonds is 3. The first kappa shape index (κ1) is 12.6. The van der Waals surface area contributed by atoms with Crippen LogP contribution in [0, 0.1) is 11.3 Å². The molecular weight excluding hydrogens is 322 g/mol. The number of aryl methyl sites for hydroxylation is 2. The number of halogens is 1. The highest BCUT2D eigenvalue weighted by molar-refractivity contribution is 9.10. The van der Waals surface area contributed by atoms with Crippen molar-refractivity contribution in [1.29, 1.82) is 5.26 Å². The van der Waals surface area contributed by atoms with E-state index < -0.39 is 0 Å². The molecule has 1 N–H and O–H groups in total. The molecule has 3 rings (SSSR count). The van der Waals surface area contributed by atoms with Crippen molar-refractivity contribution in [2.75, 3.05) is 5.32 Å². The summed E-state index contributed by atoms with van der Waals surface area (Å²) in [5.41, 5.74) is 3.03. The lowest BCUT2D eigenvalue weighted by molar-refractivity contribution is 0.899. The topological polar surface area (TPSA) is 48.7 Å². The molecule has 0 amide bonds. The van der Waals surface area contributed by atoms with Crippen molar-refractivity contribution < 1.29 is 0 Å². The van der Waals surface area contributed by atoms with E-state index >= 15 is 0 Å². The smallest absolute Gasteiger partial charge is 0.144 e. The minimum Gasteiger partial charge on any atom is -0.364 e. The Balaban J connectivity index is 1.85. The molecule has 0 spiro atoms. The Hall–Kier alpha value is -1.38. The molecule has 2 aromatic rings. The van der Waals surface area contributed by atoms with Gasteiger partial charge in [0.15, 0.2) is 0 Å². The molecule has 0 saturated heterocycles. The van der Waals surface area contributed by atoms with Crippen LogP contribution in [0.15, 0.2) is 22.0 Å². The van der Waals surface area contributed by atoms with Gasteiger partial charge in [-0.05, 0) is 58.3 Å². The summed E-state index contributed by atoms with van der Waals surface area (Å²) in [5, 5.41) is 14.6. The third-order valence-electron chi connectivity index (χ3n) is 3.28. The zero-order valence-electron chi connectivity index (χ0n) is 10.2. The van der Waals surface area contributed by atoms with Crippen LogP contribution in [-0.2, 0) is 19.4 Å². The molecule has 0 unspecified atom stereocenters. The molecule has 1 aliphatic rings. The van der Waals surface area contributed by atoms with Gasteiger partial charge in [-0.3, -0.25) is 0 Å². The van der Waals surface area contributed by atoms with Crippen LogP contribution in [-0.4, -0.2) is 4.98 Å². The minimum atomic E-state index is 0.647. The van der Waals surface area contributed by atoms with E-state index in [0.29, 0.717) is 17.9 Å². The molecule has 0 fully saturated rings. The van der Waals surface area contributed by atoms with E-state index in [-0.39, 0.29) is 0 Å². The number of hydrogen-bond acceptors (Lipinski definition) is 4. The zero-order valence-corrected chi connectivity index (χ0v) is 12.6. The molecule has 0 aliphatic heterocycles. The second-order valence-corrected chi connectivity index (χ2v) is 6.36. The molecule has 5 heteroatoms. The Bertz CT molecular complexity index is 657. The number of nitrogens with one attached hydrogen (secondary N) is 1. The summed E-state index contributed by atoms with van der Waals surface area (Å²) >= 11 is 5.20. The Morgan fingerprint density at radius 2 is 2.37 bits per heavy atom. The van der Waals surface area contributed by atoms with Crippen LogP contribution < -0.4 is 5.32 Å². The Kier molecular flexibility index (Phi) is 3.54. The second-order valence-electron chi connectivity index (χ2n) is 4.50. The predicted molar refractivity (Wildman–Crippen MR) is 80.3 cm³/mol. The highest BCUT2D eigenvalue weighted by Crippen LogP contribution is 2.27. The van der Waals surface area contributed by atoms with Crippen molar-refractivity contribution in [2.24, 2.45) is 0 Å². The highest BCUT2D eigenvalue weighted by Gasteiger charge is 2.16. The maximum absolute atomic E-state index is 9.22. The molecule has 0 saturated carbocycles. The molecule has 0 bridgehead atoms. The summed E-state index contributed by atoms with van der Waals surface area (Å²) in [5.74, 6) is 0.712. The van der Waals surface area contributed by atoms with Gasteiger partial charge in [0.05, 0.1) is 12.1 Å². The van der Waals surface area contributed by atoms with Gasteiger partial charge in [0.1, 0.15) is 11.9 Å².